The lowest BCUT2D eigenvalue weighted by molar-refractivity contribution is -0.115. The first kappa shape index (κ1) is 18.0. The molecular weight excluding hydrogens is 334 g/mol. The van der Waals surface area contributed by atoms with Crippen molar-refractivity contribution in [1.29, 1.82) is 0 Å². The number of hydrogen-bond acceptors (Lipinski definition) is 5. The Morgan fingerprint density at radius 1 is 1.28 bits per heavy atom. The SMILES string of the molecule is Cc1ccc(CC(=O)Nc2nc(CN3C[C@@H](C)O[C@H](C)C3)cs2)cc1. The van der Waals surface area contributed by atoms with E-state index in [-0.39, 0.29) is 18.1 Å². The number of anilines is 1. The molecule has 6 heteroatoms. The molecule has 0 spiro atoms. The summed E-state index contributed by atoms with van der Waals surface area (Å²) in [5.74, 6) is -0.0293. The summed E-state index contributed by atoms with van der Waals surface area (Å²) < 4.78 is 5.76. The lowest BCUT2D eigenvalue weighted by atomic mass is 10.1. The number of carbonyl (C=O) groups excluding carboxylic acids is 1. The second kappa shape index (κ2) is 8.08. The van der Waals surface area contributed by atoms with Crippen molar-refractivity contribution in [1.82, 2.24) is 9.88 Å². The van der Waals surface area contributed by atoms with Crippen LogP contribution in [-0.2, 0) is 22.5 Å². The normalized spacial score (nSPS) is 21.2. The van der Waals surface area contributed by atoms with Gasteiger partial charge >= 0.3 is 0 Å². The van der Waals surface area contributed by atoms with Gasteiger partial charge in [-0.05, 0) is 26.3 Å². The molecule has 1 N–H and O–H groups in total. The molecule has 134 valence electrons. The standard InChI is InChI=1S/C19H25N3O2S/c1-13-4-6-16(7-5-13)8-18(23)21-19-20-17(12-25-19)11-22-9-14(2)24-15(3)10-22/h4-7,12,14-15H,8-11H2,1-3H3,(H,20,21,23)/t14-,15-/m1/s1. The summed E-state index contributed by atoms with van der Waals surface area (Å²) in [7, 11) is 0. The molecule has 1 amide bonds. The second-order valence-electron chi connectivity index (χ2n) is 6.81. The lowest BCUT2D eigenvalue weighted by Gasteiger charge is -2.34. The van der Waals surface area contributed by atoms with E-state index in [0.717, 1.165) is 30.9 Å². The Morgan fingerprint density at radius 2 is 1.96 bits per heavy atom. The Morgan fingerprint density at radius 3 is 2.64 bits per heavy atom. The van der Waals surface area contributed by atoms with Crippen LogP contribution in [-0.4, -0.2) is 41.1 Å². The number of nitrogens with one attached hydrogen (secondary N) is 1. The van der Waals surface area contributed by atoms with E-state index < -0.39 is 0 Å². The van der Waals surface area contributed by atoms with Gasteiger partial charge in [0.1, 0.15) is 0 Å². The number of aromatic nitrogens is 1. The molecule has 0 radical (unpaired) electrons. The molecule has 1 saturated heterocycles. The van der Waals surface area contributed by atoms with Crippen molar-refractivity contribution in [3.8, 4) is 0 Å². The number of carbonyl (C=O) groups is 1. The van der Waals surface area contributed by atoms with E-state index in [1.807, 2.05) is 36.6 Å². The van der Waals surface area contributed by atoms with Crippen molar-refractivity contribution in [2.45, 2.75) is 45.9 Å². The minimum atomic E-state index is -0.0293. The number of morpholine rings is 1. The first-order valence-electron chi connectivity index (χ1n) is 8.65. The van der Waals surface area contributed by atoms with Crippen molar-refractivity contribution in [2.75, 3.05) is 18.4 Å². The van der Waals surface area contributed by atoms with E-state index in [0.29, 0.717) is 11.6 Å². The largest absolute Gasteiger partial charge is 0.373 e. The van der Waals surface area contributed by atoms with Crippen LogP contribution in [0.3, 0.4) is 0 Å². The molecule has 1 aromatic carbocycles. The summed E-state index contributed by atoms with van der Waals surface area (Å²) in [5, 5.41) is 5.59. The van der Waals surface area contributed by atoms with Gasteiger partial charge in [0.05, 0.1) is 24.3 Å². The van der Waals surface area contributed by atoms with Gasteiger partial charge < -0.3 is 10.1 Å². The van der Waals surface area contributed by atoms with Crippen molar-refractivity contribution >= 4 is 22.4 Å². The van der Waals surface area contributed by atoms with Crippen LogP contribution in [0.4, 0.5) is 5.13 Å². The summed E-state index contributed by atoms with van der Waals surface area (Å²) in [6.45, 7) is 8.86. The first-order valence-corrected chi connectivity index (χ1v) is 9.53. The molecule has 1 fully saturated rings. The third-order valence-electron chi connectivity index (χ3n) is 4.16. The molecular formula is C19H25N3O2S. The highest BCUT2D eigenvalue weighted by Gasteiger charge is 2.22. The highest BCUT2D eigenvalue weighted by atomic mass is 32.1. The van der Waals surface area contributed by atoms with E-state index in [9.17, 15) is 4.79 Å². The van der Waals surface area contributed by atoms with Crippen LogP contribution in [0.15, 0.2) is 29.6 Å². The quantitative estimate of drug-likeness (QED) is 0.890. The van der Waals surface area contributed by atoms with E-state index in [1.165, 1.54) is 16.9 Å². The smallest absolute Gasteiger partial charge is 0.230 e. The molecule has 0 aliphatic carbocycles. The van der Waals surface area contributed by atoms with Crippen LogP contribution in [0, 0.1) is 6.92 Å². The van der Waals surface area contributed by atoms with Crippen molar-refractivity contribution < 1.29 is 9.53 Å². The molecule has 3 rings (SSSR count). The molecule has 0 saturated carbocycles. The third-order valence-corrected chi connectivity index (χ3v) is 4.97. The topological polar surface area (TPSA) is 54.5 Å². The van der Waals surface area contributed by atoms with Gasteiger partial charge in [0, 0.05) is 25.0 Å². The molecule has 2 atom stereocenters. The van der Waals surface area contributed by atoms with Crippen LogP contribution in [0.5, 0.6) is 0 Å². The lowest BCUT2D eigenvalue weighted by Crippen LogP contribution is -2.44. The number of rotatable bonds is 5. The zero-order valence-corrected chi connectivity index (χ0v) is 15.8. The minimum Gasteiger partial charge on any atom is -0.373 e. The van der Waals surface area contributed by atoms with Gasteiger partial charge in [0.2, 0.25) is 5.91 Å². The highest BCUT2D eigenvalue weighted by Crippen LogP contribution is 2.19. The van der Waals surface area contributed by atoms with Gasteiger partial charge in [-0.1, -0.05) is 29.8 Å². The van der Waals surface area contributed by atoms with E-state index in [2.05, 4.69) is 29.0 Å². The number of ether oxygens (including phenoxy) is 1. The zero-order chi connectivity index (χ0) is 17.8. The van der Waals surface area contributed by atoms with E-state index in [4.69, 9.17) is 4.74 Å². The molecule has 1 aliphatic rings. The third kappa shape index (κ3) is 5.36. The van der Waals surface area contributed by atoms with Crippen LogP contribution in [0.1, 0.15) is 30.7 Å². The Balaban J connectivity index is 1.52. The number of thiazole rings is 1. The Labute approximate surface area is 153 Å². The molecule has 2 aromatic rings. The molecule has 1 aromatic heterocycles. The molecule has 0 bridgehead atoms. The van der Waals surface area contributed by atoms with Gasteiger partial charge in [0.15, 0.2) is 5.13 Å². The Bertz CT molecular complexity index is 704. The van der Waals surface area contributed by atoms with Crippen LogP contribution in [0.2, 0.25) is 0 Å². The monoisotopic (exact) mass is 359 g/mol. The van der Waals surface area contributed by atoms with Crippen molar-refractivity contribution in [3.63, 3.8) is 0 Å². The van der Waals surface area contributed by atoms with Crippen LogP contribution < -0.4 is 5.32 Å². The average molecular weight is 359 g/mol. The summed E-state index contributed by atoms with van der Waals surface area (Å²) in [5.41, 5.74) is 3.20. The van der Waals surface area contributed by atoms with Crippen LogP contribution in [0.25, 0.3) is 0 Å². The summed E-state index contributed by atoms with van der Waals surface area (Å²) in [6.07, 6.45) is 0.861. The maximum atomic E-state index is 12.2. The average Bonchev–Trinajstić information content (AvgIpc) is 2.95. The van der Waals surface area contributed by atoms with Gasteiger partial charge in [0.25, 0.3) is 0 Å². The number of benzene rings is 1. The summed E-state index contributed by atoms with van der Waals surface area (Å²) in [6, 6.07) is 8.02. The Kier molecular flexibility index (Phi) is 5.83. The van der Waals surface area contributed by atoms with Gasteiger partial charge in [-0.25, -0.2) is 4.98 Å². The molecule has 0 unspecified atom stereocenters. The first-order chi connectivity index (χ1) is 12.0. The maximum Gasteiger partial charge on any atom is 0.230 e. The fourth-order valence-corrected chi connectivity index (χ4v) is 3.85. The summed E-state index contributed by atoms with van der Waals surface area (Å²) in [4.78, 5) is 19.1. The fraction of sp³-hybridized carbons (Fsp3) is 0.474. The van der Waals surface area contributed by atoms with Crippen molar-refractivity contribution in [2.24, 2.45) is 0 Å². The van der Waals surface area contributed by atoms with Crippen molar-refractivity contribution in [3.05, 3.63) is 46.5 Å². The van der Waals surface area contributed by atoms with E-state index >= 15 is 0 Å². The number of hydrogen-bond donors (Lipinski definition) is 1. The van der Waals surface area contributed by atoms with Crippen LogP contribution >= 0.6 is 11.3 Å². The molecule has 5 nitrogen and oxygen atoms in total. The summed E-state index contributed by atoms with van der Waals surface area (Å²) >= 11 is 1.48. The minimum absolute atomic E-state index is 0.0293. The maximum absolute atomic E-state index is 12.2. The highest BCUT2D eigenvalue weighted by molar-refractivity contribution is 7.13. The predicted octanol–water partition coefficient (Wildman–Crippen LogP) is 3.24. The second-order valence-corrected chi connectivity index (χ2v) is 7.66. The zero-order valence-electron chi connectivity index (χ0n) is 15.0. The Hall–Kier alpha value is -1.76. The van der Waals surface area contributed by atoms with Gasteiger partial charge in [-0.3, -0.25) is 9.69 Å². The molecule has 25 heavy (non-hydrogen) atoms. The van der Waals surface area contributed by atoms with Gasteiger partial charge in [-0.2, -0.15) is 0 Å². The number of amides is 1. The van der Waals surface area contributed by atoms with Gasteiger partial charge in [-0.15, -0.1) is 11.3 Å². The van der Waals surface area contributed by atoms with E-state index in [1.54, 1.807) is 0 Å². The number of nitrogens with zero attached hydrogens (tertiary/aromatic N) is 2. The predicted molar refractivity (Wildman–Crippen MR) is 101 cm³/mol. The molecule has 1 aliphatic heterocycles. The number of aryl methyl sites for hydroxylation is 1. The fourth-order valence-electron chi connectivity index (χ4n) is 3.13. The molecule has 2 heterocycles.